The Morgan fingerprint density at radius 2 is 1.76 bits per heavy atom. The number of fused-ring (bicyclic) bond motifs is 1. The van der Waals surface area contributed by atoms with E-state index >= 15 is 0 Å². The lowest BCUT2D eigenvalue weighted by Gasteiger charge is -2.36. The van der Waals surface area contributed by atoms with Crippen molar-refractivity contribution in [1.82, 2.24) is 24.7 Å². The number of anilines is 1. The molecule has 0 radical (unpaired) electrons. The zero-order valence-electron chi connectivity index (χ0n) is 23.5. The van der Waals surface area contributed by atoms with E-state index in [1.54, 1.807) is 0 Å². The van der Waals surface area contributed by atoms with Crippen LogP contribution in [0.15, 0.2) is 48.8 Å². The molecular weight excluding hydrogens is 476 g/mol. The Bertz CT molecular complexity index is 1250. The number of carbonyl (C=O) groups is 1. The van der Waals surface area contributed by atoms with Crippen molar-refractivity contribution in [2.24, 2.45) is 0 Å². The van der Waals surface area contributed by atoms with Gasteiger partial charge in [0.25, 0.3) is 0 Å². The van der Waals surface area contributed by atoms with Gasteiger partial charge >= 0.3 is 6.03 Å². The molecule has 8 nitrogen and oxygen atoms in total. The van der Waals surface area contributed by atoms with Crippen molar-refractivity contribution >= 4 is 17.2 Å². The smallest absolute Gasteiger partial charge is 0.317 e. The standard InChI is InChI=1S/C30H42N6O2/c1-6-38-30(12-14-35(21-30)23(4)5)26-9-7-24(8-10-26)25-19-28-27(11-13-31-36(28)20-25)33-15-17-34(18-16-33)29(37)32-22(2)3/h7-11,13,19-20,22-23H,6,12,14-18,21H2,1-5H3,(H,32,37)/t30-/m1/s1. The van der Waals surface area contributed by atoms with Gasteiger partial charge in [-0.15, -0.1) is 0 Å². The van der Waals surface area contributed by atoms with Crippen molar-refractivity contribution in [3.63, 3.8) is 0 Å². The normalized spacial score (nSPS) is 20.7. The number of hydrogen-bond donors (Lipinski definition) is 1. The van der Waals surface area contributed by atoms with Crippen LogP contribution in [0.3, 0.4) is 0 Å². The maximum absolute atomic E-state index is 12.4. The first-order valence-corrected chi connectivity index (χ1v) is 14.1. The van der Waals surface area contributed by atoms with Crippen LogP contribution in [0.4, 0.5) is 10.5 Å². The summed E-state index contributed by atoms with van der Waals surface area (Å²) in [6.45, 7) is 16.3. The predicted octanol–water partition coefficient (Wildman–Crippen LogP) is 4.59. The zero-order chi connectivity index (χ0) is 26.9. The van der Waals surface area contributed by atoms with Gasteiger partial charge in [0.2, 0.25) is 0 Å². The van der Waals surface area contributed by atoms with Crippen LogP contribution < -0.4 is 10.2 Å². The third-order valence-electron chi connectivity index (χ3n) is 7.96. The maximum Gasteiger partial charge on any atom is 0.317 e. The van der Waals surface area contributed by atoms with Gasteiger partial charge in [-0.25, -0.2) is 9.31 Å². The molecule has 0 bridgehead atoms. The molecule has 2 saturated heterocycles. The first-order valence-electron chi connectivity index (χ1n) is 14.1. The number of nitrogens with one attached hydrogen (secondary N) is 1. The van der Waals surface area contributed by atoms with Gasteiger partial charge in [-0.2, -0.15) is 5.10 Å². The Kier molecular flexibility index (Phi) is 7.63. The fraction of sp³-hybridized carbons (Fsp3) is 0.533. The summed E-state index contributed by atoms with van der Waals surface area (Å²) in [7, 11) is 0. The Hall–Kier alpha value is -3.10. The molecule has 2 amide bonds. The van der Waals surface area contributed by atoms with Gasteiger partial charge in [0, 0.05) is 75.9 Å². The number of amides is 2. The average molecular weight is 519 g/mol. The molecular formula is C30H42N6O2. The Morgan fingerprint density at radius 1 is 1.03 bits per heavy atom. The number of benzene rings is 1. The Labute approximate surface area is 226 Å². The SMILES string of the molecule is CCO[C@]1(c2ccc(-c3cc4c(N5CCN(C(=O)NC(C)C)CC5)ccnn4c3)cc2)CCN(C(C)C)C1. The van der Waals surface area contributed by atoms with Crippen LogP contribution in [0.1, 0.15) is 46.6 Å². The van der Waals surface area contributed by atoms with Gasteiger partial charge < -0.3 is 19.9 Å². The molecule has 1 atom stereocenters. The molecule has 0 unspecified atom stereocenters. The van der Waals surface area contributed by atoms with Crippen molar-refractivity contribution < 1.29 is 9.53 Å². The fourth-order valence-electron chi connectivity index (χ4n) is 5.84. The van der Waals surface area contributed by atoms with Crippen LogP contribution in [0.5, 0.6) is 0 Å². The molecule has 5 rings (SSSR count). The van der Waals surface area contributed by atoms with Gasteiger partial charge in [-0.1, -0.05) is 24.3 Å². The molecule has 0 saturated carbocycles. The van der Waals surface area contributed by atoms with Crippen LogP contribution in [0, 0.1) is 0 Å². The summed E-state index contributed by atoms with van der Waals surface area (Å²) in [6, 6.07) is 13.9. The second-order valence-electron chi connectivity index (χ2n) is 11.2. The fourth-order valence-corrected chi connectivity index (χ4v) is 5.84. The highest BCUT2D eigenvalue weighted by atomic mass is 16.5. The van der Waals surface area contributed by atoms with E-state index in [0.29, 0.717) is 25.7 Å². The van der Waals surface area contributed by atoms with Gasteiger partial charge in [-0.3, -0.25) is 4.90 Å². The summed E-state index contributed by atoms with van der Waals surface area (Å²) in [6.07, 6.45) is 4.99. The Balaban J connectivity index is 1.34. The van der Waals surface area contributed by atoms with E-state index < -0.39 is 0 Å². The van der Waals surface area contributed by atoms with E-state index in [4.69, 9.17) is 4.74 Å². The number of nitrogens with zero attached hydrogens (tertiary/aromatic N) is 5. The van der Waals surface area contributed by atoms with Gasteiger partial charge in [-0.05, 0) is 64.3 Å². The van der Waals surface area contributed by atoms with Crippen molar-refractivity contribution in [1.29, 1.82) is 0 Å². The summed E-state index contributed by atoms with van der Waals surface area (Å²) in [4.78, 5) is 19.2. The number of hydrogen-bond acceptors (Lipinski definition) is 5. The van der Waals surface area contributed by atoms with Crippen LogP contribution >= 0.6 is 0 Å². The van der Waals surface area contributed by atoms with Gasteiger partial charge in [0.15, 0.2) is 0 Å². The summed E-state index contributed by atoms with van der Waals surface area (Å²) in [5, 5.41) is 7.59. The molecule has 2 fully saturated rings. The van der Waals surface area contributed by atoms with Crippen molar-refractivity contribution in [3.05, 3.63) is 54.4 Å². The second-order valence-corrected chi connectivity index (χ2v) is 11.2. The monoisotopic (exact) mass is 518 g/mol. The molecule has 2 aromatic heterocycles. The van der Waals surface area contributed by atoms with Crippen LogP contribution in [0.2, 0.25) is 0 Å². The van der Waals surface area contributed by atoms with Crippen molar-refractivity contribution in [2.75, 3.05) is 50.8 Å². The summed E-state index contributed by atoms with van der Waals surface area (Å²) >= 11 is 0. The first-order chi connectivity index (χ1) is 18.3. The zero-order valence-corrected chi connectivity index (χ0v) is 23.5. The van der Waals surface area contributed by atoms with E-state index in [0.717, 1.165) is 49.4 Å². The number of ether oxygens (including phenoxy) is 1. The molecule has 2 aliphatic heterocycles. The summed E-state index contributed by atoms with van der Waals surface area (Å²) < 4.78 is 8.35. The molecule has 1 aromatic carbocycles. The minimum absolute atomic E-state index is 0.0218. The van der Waals surface area contributed by atoms with Crippen LogP contribution in [-0.4, -0.2) is 83.4 Å². The van der Waals surface area contributed by atoms with Gasteiger partial charge in [0.1, 0.15) is 5.60 Å². The second kappa shape index (κ2) is 10.9. The highest BCUT2D eigenvalue weighted by Gasteiger charge is 2.41. The average Bonchev–Trinajstić information content (AvgIpc) is 3.54. The third kappa shape index (κ3) is 5.24. The first kappa shape index (κ1) is 26.5. The van der Waals surface area contributed by atoms with Crippen LogP contribution in [-0.2, 0) is 10.3 Å². The molecule has 3 aromatic rings. The molecule has 8 heteroatoms. The molecule has 38 heavy (non-hydrogen) atoms. The van der Waals surface area contributed by atoms with E-state index in [1.807, 2.05) is 29.5 Å². The topological polar surface area (TPSA) is 65.3 Å². The summed E-state index contributed by atoms with van der Waals surface area (Å²) in [5.74, 6) is 0. The molecule has 204 valence electrons. The predicted molar refractivity (Wildman–Crippen MR) is 153 cm³/mol. The quantitative estimate of drug-likeness (QED) is 0.496. The lowest BCUT2D eigenvalue weighted by molar-refractivity contribution is -0.0374. The molecule has 0 aliphatic carbocycles. The van der Waals surface area contributed by atoms with E-state index in [9.17, 15) is 4.79 Å². The number of urea groups is 1. The van der Waals surface area contributed by atoms with E-state index in [1.165, 1.54) is 11.1 Å². The van der Waals surface area contributed by atoms with Crippen molar-refractivity contribution in [2.45, 2.75) is 58.7 Å². The highest BCUT2D eigenvalue weighted by molar-refractivity contribution is 5.80. The lowest BCUT2D eigenvalue weighted by Crippen LogP contribution is -2.53. The van der Waals surface area contributed by atoms with Gasteiger partial charge in [0.05, 0.1) is 11.2 Å². The molecule has 1 N–H and O–H groups in total. The van der Waals surface area contributed by atoms with E-state index in [-0.39, 0.29) is 17.7 Å². The maximum atomic E-state index is 12.4. The number of aromatic nitrogens is 2. The highest BCUT2D eigenvalue weighted by Crippen LogP contribution is 2.38. The molecule has 0 spiro atoms. The lowest BCUT2D eigenvalue weighted by atomic mass is 9.91. The van der Waals surface area contributed by atoms with Crippen molar-refractivity contribution in [3.8, 4) is 11.1 Å². The van der Waals surface area contributed by atoms with E-state index in [2.05, 4.69) is 83.6 Å². The van der Waals surface area contributed by atoms with Crippen LogP contribution in [0.25, 0.3) is 16.6 Å². The number of likely N-dealkylation sites (tertiary alicyclic amines) is 1. The number of rotatable bonds is 7. The minimum atomic E-state index is -0.230. The molecule has 4 heterocycles. The largest absolute Gasteiger partial charge is 0.369 e. The summed E-state index contributed by atoms with van der Waals surface area (Å²) in [5.41, 5.74) is 5.58. The number of carbonyl (C=O) groups excluding carboxylic acids is 1. The third-order valence-corrected chi connectivity index (χ3v) is 7.96. The number of piperazine rings is 1. The Morgan fingerprint density at radius 3 is 2.39 bits per heavy atom. The molecule has 2 aliphatic rings. The minimum Gasteiger partial charge on any atom is -0.369 e.